The topological polar surface area (TPSA) is 128 Å². The molecule has 0 bridgehead atoms. The van der Waals surface area contributed by atoms with Gasteiger partial charge in [-0.05, 0) is 36.2 Å². The lowest BCUT2D eigenvalue weighted by atomic mass is 10.1. The number of carbonyl (C=O) groups excluding carboxylic acids is 1. The average molecular weight is 388 g/mol. The molecule has 28 heavy (non-hydrogen) atoms. The normalized spacial score (nSPS) is 10.2. The van der Waals surface area contributed by atoms with Gasteiger partial charge in [0.2, 0.25) is 0 Å². The highest BCUT2D eigenvalue weighted by atomic mass is 16.6. The molecule has 0 heterocycles. The number of carbonyl (C=O) groups is 2. The standard InChI is InChI=1S/C19H20N2O7/c1-27-15-8-9-17(21(25)26)16(11-15)19(24)20-12-13-4-6-14(7-5-13)28-10-2-3-18(22)23/h4-9,11H,2-3,10,12H2,1H3,(H,20,24)(H,22,23). The molecule has 1 amide bonds. The van der Waals surface area contributed by atoms with Gasteiger partial charge in [-0.1, -0.05) is 12.1 Å². The van der Waals surface area contributed by atoms with E-state index < -0.39 is 16.8 Å². The highest BCUT2D eigenvalue weighted by Gasteiger charge is 2.20. The molecule has 2 aromatic carbocycles. The van der Waals surface area contributed by atoms with Crippen LogP contribution in [0.5, 0.6) is 11.5 Å². The molecule has 2 aromatic rings. The zero-order valence-corrected chi connectivity index (χ0v) is 15.2. The first kappa shape index (κ1) is 20.7. The van der Waals surface area contributed by atoms with Crippen molar-refractivity contribution in [3.05, 3.63) is 63.7 Å². The average Bonchev–Trinajstić information content (AvgIpc) is 2.69. The van der Waals surface area contributed by atoms with E-state index in [1.165, 1.54) is 25.3 Å². The van der Waals surface area contributed by atoms with Crippen molar-refractivity contribution < 1.29 is 29.1 Å². The number of nitrogens with one attached hydrogen (secondary N) is 1. The Morgan fingerprint density at radius 3 is 2.43 bits per heavy atom. The molecule has 0 fully saturated rings. The van der Waals surface area contributed by atoms with Crippen LogP contribution in [0.4, 0.5) is 5.69 Å². The summed E-state index contributed by atoms with van der Waals surface area (Å²) in [5.74, 6) is -0.519. The Kier molecular flexibility index (Phi) is 7.32. The first-order valence-electron chi connectivity index (χ1n) is 8.45. The van der Waals surface area contributed by atoms with Crippen molar-refractivity contribution in [3.63, 3.8) is 0 Å². The Labute approximate surface area is 161 Å². The van der Waals surface area contributed by atoms with Crippen molar-refractivity contribution in [2.45, 2.75) is 19.4 Å². The third-order valence-electron chi connectivity index (χ3n) is 3.83. The predicted molar refractivity (Wildman–Crippen MR) is 99.6 cm³/mol. The minimum Gasteiger partial charge on any atom is -0.497 e. The first-order chi connectivity index (χ1) is 13.4. The molecule has 0 saturated heterocycles. The van der Waals surface area contributed by atoms with Gasteiger partial charge in [0.25, 0.3) is 11.6 Å². The minimum atomic E-state index is -0.869. The van der Waals surface area contributed by atoms with Crippen molar-refractivity contribution in [2.24, 2.45) is 0 Å². The number of aliphatic carboxylic acids is 1. The molecule has 148 valence electrons. The van der Waals surface area contributed by atoms with E-state index in [4.69, 9.17) is 14.6 Å². The van der Waals surface area contributed by atoms with Crippen molar-refractivity contribution in [3.8, 4) is 11.5 Å². The summed E-state index contributed by atoms with van der Waals surface area (Å²) in [5, 5.41) is 22.3. The Bertz CT molecular complexity index is 850. The van der Waals surface area contributed by atoms with Crippen molar-refractivity contribution >= 4 is 17.6 Å². The molecule has 0 aromatic heterocycles. The third-order valence-corrected chi connectivity index (χ3v) is 3.83. The Morgan fingerprint density at radius 1 is 1.14 bits per heavy atom. The fraction of sp³-hybridized carbons (Fsp3) is 0.263. The fourth-order valence-electron chi connectivity index (χ4n) is 2.38. The van der Waals surface area contributed by atoms with Crippen LogP contribution >= 0.6 is 0 Å². The number of carboxylic acids is 1. The summed E-state index contributed by atoms with van der Waals surface area (Å²) in [7, 11) is 1.41. The van der Waals surface area contributed by atoms with E-state index in [1.54, 1.807) is 24.3 Å². The number of hydrogen-bond donors (Lipinski definition) is 2. The van der Waals surface area contributed by atoms with Crippen LogP contribution in [0.25, 0.3) is 0 Å². The van der Waals surface area contributed by atoms with Gasteiger partial charge in [-0.2, -0.15) is 0 Å². The molecule has 0 aliphatic heterocycles. The fourth-order valence-corrected chi connectivity index (χ4v) is 2.38. The second-order valence-corrected chi connectivity index (χ2v) is 5.81. The van der Waals surface area contributed by atoms with E-state index in [9.17, 15) is 19.7 Å². The molecule has 2 rings (SSSR count). The highest BCUT2D eigenvalue weighted by molar-refractivity contribution is 5.98. The summed E-state index contributed by atoms with van der Waals surface area (Å²) in [6.07, 6.45) is 0.451. The molecule has 9 heteroatoms. The van der Waals surface area contributed by atoms with Crippen LogP contribution in [-0.4, -0.2) is 35.6 Å². The summed E-state index contributed by atoms with van der Waals surface area (Å²) < 4.78 is 10.5. The van der Waals surface area contributed by atoms with Crippen molar-refractivity contribution in [2.75, 3.05) is 13.7 Å². The summed E-state index contributed by atoms with van der Waals surface area (Å²) in [5.41, 5.74) is 0.392. The van der Waals surface area contributed by atoms with Crippen LogP contribution in [0.3, 0.4) is 0 Å². The van der Waals surface area contributed by atoms with E-state index in [-0.39, 0.29) is 24.2 Å². The number of benzene rings is 2. The lowest BCUT2D eigenvalue weighted by Crippen LogP contribution is -2.23. The zero-order chi connectivity index (χ0) is 20.5. The summed E-state index contributed by atoms with van der Waals surface area (Å²) in [6.45, 7) is 0.467. The molecule has 0 aliphatic rings. The predicted octanol–water partition coefficient (Wildman–Crippen LogP) is 2.78. The summed E-state index contributed by atoms with van der Waals surface area (Å²) in [4.78, 5) is 33.3. The van der Waals surface area contributed by atoms with Gasteiger partial charge in [0.15, 0.2) is 0 Å². The molecule has 9 nitrogen and oxygen atoms in total. The van der Waals surface area contributed by atoms with Crippen LogP contribution in [0.1, 0.15) is 28.8 Å². The molecule has 0 atom stereocenters. The van der Waals surface area contributed by atoms with E-state index in [1.807, 2.05) is 0 Å². The van der Waals surface area contributed by atoms with Gasteiger partial charge in [-0.15, -0.1) is 0 Å². The number of amides is 1. The van der Waals surface area contributed by atoms with Crippen LogP contribution in [-0.2, 0) is 11.3 Å². The number of nitrogens with zero attached hydrogens (tertiary/aromatic N) is 1. The molecule has 0 saturated carbocycles. The molecular formula is C19H20N2O7. The number of ether oxygens (including phenoxy) is 2. The van der Waals surface area contributed by atoms with Gasteiger partial charge >= 0.3 is 5.97 Å². The first-order valence-corrected chi connectivity index (χ1v) is 8.45. The number of nitro groups is 1. The Balaban J connectivity index is 1.94. The number of nitro benzene ring substituents is 1. The van der Waals surface area contributed by atoms with Crippen LogP contribution in [0.2, 0.25) is 0 Å². The van der Waals surface area contributed by atoms with Gasteiger partial charge in [-0.3, -0.25) is 19.7 Å². The maximum absolute atomic E-state index is 12.4. The summed E-state index contributed by atoms with van der Waals surface area (Å²) >= 11 is 0. The largest absolute Gasteiger partial charge is 0.497 e. The quantitative estimate of drug-likeness (QED) is 0.364. The van der Waals surface area contributed by atoms with Crippen LogP contribution < -0.4 is 14.8 Å². The number of methoxy groups -OCH3 is 1. The van der Waals surface area contributed by atoms with Crippen molar-refractivity contribution in [1.82, 2.24) is 5.32 Å². The van der Waals surface area contributed by atoms with Gasteiger partial charge in [0.05, 0.1) is 18.6 Å². The molecular weight excluding hydrogens is 368 g/mol. The molecule has 0 spiro atoms. The highest BCUT2D eigenvalue weighted by Crippen LogP contribution is 2.24. The van der Waals surface area contributed by atoms with Gasteiger partial charge in [-0.25, -0.2) is 0 Å². The monoisotopic (exact) mass is 388 g/mol. The molecule has 0 radical (unpaired) electrons. The van der Waals surface area contributed by atoms with Crippen LogP contribution in [0.15, 0.2) is 42.5 Å². The van der Waals surface area contributed by atoms with Crippen molar-refractivity contribution in [1.29, 1.82) is 0 Å². The van der Waals surface area contributed by atoms with Gasteiger partial charge in [0, 0.05) is 19.0 Å². The van der Waals surface area contributed by atoms with Crippen LogP contribution in [0, 0.1) is 10.1 Å². The maximum atomic E-state index is 12.4. The number of hydrogen-bond acceptors (Lipinski definition) is 6. The lowest BCUT2D eigenvalue weighted by Gasteiger charge is -2.09. The van der Waals surface area contributed by atoms with Gasteiger partial charge < -0.3 is 19.9 Å². The Morgan fingerprint density at radius 2 is 1.82 bits per heavy atom. The molecule has 2 N–H and O–H groups in total. The van der Waals surface area contributed by atoms with Gasteiger partial charge in [0.1, 0.15) is 17.1 Å². The van der Waals surface area contributed by atoms with E-state index in [2.05, 4.69) is 5.32 Å². The van der Waals surface area contributed by atoms with E-state index in [0.29, 0.717) is 24.5 Å². The maximum Gasteiger partial charge on any atom is 0.303 e. The lowest BCUT2D eigenvalue weighted by molar-refractivity contribution is -0.385. The Hall–Kier alpha value is -3.62. The number of carboxylic acid groups (broad SMARTS) is 1. The van der Waals surface area contributed by atoms with E-state index >= 15 is 0 Å². The second kappa shape index (κ2) is 9.91. The molecule has 0 aliphatic carbocycles. The minimum absolute atomic E-state index is 0.0422. The van der Waals surface area contributed by atoms with E-state index in [0.717, 1.165) is 5.56 Å². The number of rotatable bonds is 10. The zero-order valence-electron chi connectivity index (χ0n) is 15.2. The smallest absolute Gasteiger partial charge is 0.303 e. The second-order valence-electron chi connectivity index (χ2n) is 5.81. The summed E-state index contributed by atoms with van der Waals surface area (Å²) in [6, 6.07) is 10.9. The third kappa shape index (κ3) is 5.97. The SMILES string of the molecule is COc1ccc([N+](=O)[O-])c(C(=O)NCc2ccc(OCCCC(=O)O)cc2)c1. The molecule has 0 unspecified atom stereocenters.